The van der Waals surface area contributed by atoms with Crippen molar-refractivity contribution in [3.8, 4) is 5.75 Å². The van der Waals surface area contributed by atoms with Crippen molar-refractivity contribution in [2.75, 3.05) is 6.61 Å². The summed E-state index contributed by atoms with van der Waals surface area (Å²) in [5, 5.41) is 11.8. The summed E-state index contributed by atoms with van der Waals surface area (Å²) in [5.41, 5.74) is 6.27. The SMILES string of the molecule is CCOC(=O)[C@@H](Cc1ccc(O)cc1)NC(=O)[C@@H](C)N.Cl. The Kier molecular flexibility index (Phi) is 8.42. The van der Waals surface area contributed by atoms with E-state index in [1.807, 2.05) is 0 Å². The highest BCUT2D eigenvalue weighted by Gasteiger charge is 2.23. The molecule has 1 amide bonds. The van der Waals surface area contributed by atoms with Crippen molar-refractivity contribution in [2.24, 2.45) is 5.73 Å². The number of phenols is 1. The summed E-state index contributed by atoms with van der Waals surface area (Å²) in [4.78, 5) is 23.5. The van der Waals surface area contributed by atoms with Crippen LogP contribution in [0.5, 0.6) is 5.75 Å². The zero-order valence-corrected chi connectivity index (χ0v) is 12.9. The van der Waals surface area contributed by atoms with Gasteiger partial charge in [0.1, 0.15) is 11.8 Å². The van der Waals surface area contributed by atoms with Gasteiger partial charge in [-0.05, 0) is 31.5 Å². The molecule has 0 saturated heterocycles. The second kappa shape index (κ2) is 9.20. The number of halogens is 1. The molecule has 0 fully saturated rings. The number of nitrogens with two attached hydrogens (primary N) is 1. The highest BCUT2D eigenvalue weighted by molar-refractivity contribution is 5.87. The van der Waals surface area contributed by atoms with E-state index < -0.39 is 24.0 Å². The summed E-state index contributed by atoms with van der Waals surface area (Å²) in [7, 11) is 0. The summed E-state index contributed by atoms with van der Waals surface area (Å²) in [5.74, 6) is -0.780. The van der Waals surface area contributed by atoms with E-state index in [0.717, 1.165) is 5.56 Å². The van der Waals surface area contributed by atoms with Gasteiger partial charge < -0.3 is 20.9 Å². The largest absolute Gasteiger partial charge is 0.508 e. The Hall–Kier alpha value is -1.79. The molecule has 1 rings (SSSR count). The van der Waals surface area contributed by atoms with Crippen LogP contribution in [0.2, 0.25) is 0 Å². The molecule has 6 nitrogen and oxygen atoms in total. The summed E-state index contributed by atoms with van der Waals surface area (Å²) < 4.78 is 4.94. The fourth-order valence-corrected chi connectivity index (χ4v) is 1.61. The van der Waals surface area contributed by atoms with Gasteiger partial charge in [-0.15, -0.1) is 12.4 Å². The van der Waals surface area contributed by atoms with Gasteiger partial charge in [-0.25, -0.2) is 4.79 Å². The first-order valence-corrected chi connectivity index (χ1v) is 6.44. The lowest BCUT2D eigenvalue weighted by Gasteiger charge is -2.18. The molecule has 2 atom stereocenters. The molecular formula is C14H21ClN2O4. The van der Waals surface area contributed by atoms with Gasteiger partial charge in [0.05, 0.1) is 12.6 Å². The van der Waals surface area contributed by atoms with Crippen molar-refractivity contribution < 1.29 is 19.4 Å². The summed E-state index contributed by atoms with van der Waals surface area (Å²) in [6, 6.07) is 4.90. The average molecular weight is 317 g/mol. The van der Waals surface area contributed by atoms with E-state index in [0.29, 0.717) is 0 Å². The summed E-state index contributed by atoms with van der Waals surface area (Å²) in [6.45, 7) is 3.47. The quantitative estimate of drug-likeness (QED) is 0.672. The van der Waals surface area contributed by atoms with Gasteiger partial charge in [0.15, 0.2) is 0 Å². The monoisotopic (exact) mass is 316 g/mol. The number of nitrogens with one attached hydrogen (secondary N) is 1. The molecule has 7 heteroatoms. The number of carbonyl (C=O) groups excluding carboxylic acids is 2. The lowest BCUT2D eigenvalue weighted by Crippen LogP contribution is -2.48. The minimum Gasteiger partial charge on any atom is -0.508 e. The van der Waals surface area contributed by atoms with E-state index in [-0.39, 0.29) is 31.2 Å². The number of hydrogen-bond donors (Lipinski definition) is 3. The van der Waals surface area contributed by atoms with E-state index in [4.69, 9.17) is 10.5 Å². The molecule has 0 aliphatic rings. The van der Waals surface area contributed by atoms with Crippen LogP contribution in [0.4, 0.5) is 0 Å². The molecule has 1 aromatic carbocycles. The number of esters is 1. The number of rotatable bonds is 6. The van der Waals surface area contributed by atoms with Crippen LogP contribution in [-0.4, -0.2) is 35.7 Å². The van der Waals surface area contributed by atoms with Crippen LogP contribution in [0.15, 0.2) is 24.3 Å². The fourth-order valence-electron chi connectivity index (χ4n) is 1.61. The maximum absolute atomic E-state index is 11.8. The first-order chi connectivity index (χ1) is 9.43. The zero-order chi connectivity index (χ0) is 15.1. The molecule has 1 aromatic rings. The molecule has 4 N–H and O–H groups in total. The van der Waals surface area contributed by atoms with E-state index in [9.17, 15) is 14.7 Å². The number of phenolic OH excluding ortho intramolecular Hbond substituents is 1. The molecule has 0 aromatic heterocycles. The minimum absolute atomic E-state index is 0. The Morgan fingerprint density at radius 1 is 1.33 bits per heavy atom. The van der Waals surface area contributed by atoms with Gasteiger partial charge in [-0.2, -0.15) is 0 Å². The first kappa shape index (κ1) is 19.2. The zero-order valence-electron chi connectivity index (χ0n) is 12.0. The summed E-state index contributed by atoms with van der Waals surface area (Å²) in [6.07, 6.45) is 0.275. The second-order valence-electron chi connectivity index (χ2n) is 4.47. The van der Waals surface area contributed by atoms with Gasteiger partial charge in [0.25, 0.3) is 0 Å². The maximum Gasteiger partial charge on any atom is 0.328 e. The third-order valence-corrected chi connectivity index (χ3v) is 2.68. The van der Waals surface area contributed by atoms with E-state index >= 15 is 0 Å². The lowest BCUT2D eigenvalue weighted by atomic mass is 10.1. The van der Waals surface area contributed by atoms with Crippen molar-refractivity contribution in [2.45, 2.75) is 32.4 Å². The third-order valence-electron chi connectivity index (χ3n) is 2.68. The summed E-state index contributed by atoms with van der Waals surface area (Å²) >= 11 is 0. The van der Waals surface area contributed by atoms with Crippen LogP contribution in [0, 0.1) is 0 Å². The van der Waals surface area contributed by atoms with Crippen molar-refractivity contribution in [1.82, 2.24) is 5.32 Å². The van der Waals surface area contributed by atoms with Crippen LogP contribution in [0.3, 0.4) is 0 Å². The highest BCUT2D eigenvalue weighted by atomic mass is 35.5. The average Bonchev–Trinajstić information content (AvgIpc) is 2.40. The fraction of sp³-hybridized carbons (Fsp3) is 0.429. The normalized spacial score (nSPS) is 12.7. The molecule has 0 aliphatic carbocycles. The molecule has 21 heavy (non-hydrogen) atoms. The molecule has 0 bridgehead atoms. The van der Waals surface area contributed by atoms with Crippen LogP contribution in [0.1, 0.15) is 19.4 Å². The molecule has 118 valence electrons. The van der Waals surface area contributed by atoms with Gasteiger partial charge in [-0.3, -0.25) is 4.79 Å². The molecule has 0 aliphatic heterocycles. The lowest BCUT2D eigenvalue weighted by molar-refractivity contribution is -0.147. The molecule has 0 spiro atoms. The topological polar surface area (TPSA) is 102 Å². The van der Waals surface area contributed by atoms with Crippen molar-refractivity contribution in [1.29, 1.82) is 0 Å². The van der Waals surface area contributed by atoms with E-state index in [2.05, 4.69) is 5.32 Å². The van der Waals surface area contributed by atoms with Crippen LogP contribution in [0.25, 0.3) is 0 Å². The highest BCUT2D eigenvalue weighted by Crippen LogP contribution is 2.12. The molecular weight excluding hydrogens is 296 g/mol. The van der Waals surface area contributed by atoms with Crippen molar-refractivity contribution in [3.63, 3.8) is 0 Å². The van der Waals surface area contributed by atoms with Crippen molar-refractivity contribution >= 4 is 24.3 Å². The van der Waals surface area contributed by atoms with Crippen molar-refractivity contribution in [3.05, 3.63) is 29.8 Å². The molecule has 0 saturated carbocycles. The van der Waals surface area contributed by atoms with Crippen LogP contribution in [-0.2, 0) is 20.7 Å². The Morgan fingerprint density at radius 2 is 1.90 bits per heavy atom. The second-order valence-corrected chi connectivity index (χ2v) is 4.47. The molecule has 0 unspecified atom stereocenters. The molecule has 0 radical (unpaired) electrons. The van der Waals surface area contributed by atoms with Crippen LogP contribution >= 0.6 is 12.4 Å². The maximum atomic E-state index is 11.8. The Balaban J connectivity index is 0.00000400. The predicted octanol–water partition coefficient (Wildman–Crippen LogP) is 0.752. The van der Waals surface area contributed by atoms with Gasteiger partial charge in [0, 0.05) is 6.42 Å². The number of ether oxygens (including phenoxy) is 1. The Labute approximate surface area is 130 Å². The number of carbonyl (C=O) groups is 2. The van der Waals surface area contributed by atoms with E-state index in [1.54, 1.807) is 19.1 Å². The predicted molar refractivity (Wildman–Crippen MR) is 81.3 cm³/mol. The minimum atomic E-state index is -0.794. The number of benzene rings is 1. The standard InChI is InChI=1S/C14H20N2O4.ClH/c1-3-20-14(19)12(16-13(18)9(2)15)8-10-4-6-11(17)7-5-10;/h4-7,9,12,17H,3,8,15H2,1-2H3,(H,16,18);1H/t9-,12-;/m1./s1. The van der Waals surface area contributed by atoms with Gasteiger partial charge in [0.2, 0.25) is 5.91 Å². The van der Waals surface area contributed by atoms with Gasteiger partial charge in [-0.1, -0.05) is 12.1 Å². The number of hydrogen-bond acceptors (Lipinski definition) is 5. The first-order valence-electron chi connectivity index (χ1n) is 6.44. The smallest absolute Gasteiger partial charge is 0.328 e. The third kappa shape index (κ3) is 6.46. The van der Waals surface area contributed by atoms with Gasteiger partial charge >= 0.3 is 5.97 Å². The molecule has 0 heterocycles. The Bertz CT molecular complexity index is 463. The Morgan fingerprint density at radius 3 is 2.38 bits per heavy atom. The van der Waals surface area contributed by atoms with E-state index in [1.165, 1.54) is 19.1 Å². The number of aromatic hydroxyl groups is 1. The number of amides is 1. The van der Waals surface area contributed by atoms with Crippen LogP contribution < -0.4 is 11.1 Å².